The first-order valence-electron chi connectivity index (χ1n) is 10.6. The van der Waals surface area contributed by atoms with Gasteiger partial charge in [0.2, 0.25) is 0 Å². The highest BCUT2D eigenvalue weighted by Gasteiger charge is 2.57. The second-order valence-corrected chi connectivity index (χ2v) is 9.62. The van der Waals surface area contributed by atoms with Crippen LogP contribution in [0.3, 0.4) is 0 Å². The maximum Gasteiger partial charge on any atom is 0.334 e. The summed E-state index contributed by atoms with van der Waals surface area (Å²) in [6.07, 6.45) is -3.72. The molecular formula is C21H32O9. The number of carbonyl (C=O) groups is 1. The summed E-state index contributed by atoms with van der Waals surface area (Å²) >= 11 is 0. The number of ether oxygens (including phenoxy) is 3. The fourth-order valence-electron chi connectivity index (χ4n) is 5.83. The van der Waals surface area contributed by atoms with Gasteiger partial charge in [0, 0.05) is 5.57 Å². The van der Waals surface area contributed by atoms with Crippen molar-refractivity contribution < 1.29 is 44.5 Å². The van der Waals surface area contributed by atoms with Crippen molar-refractivity contribution in [3.05, 3.63) is 11.1 Å². The summed E-state index contributed by atoms with van der Waals surface area (Å²) in [5.74, 6) is -0.460. The van der Waals surface area contributed by atoms with Gasteiger partial charge in [0.1, 0.15) is 30.5 Å². The maximum absolute atomic E-state index is 12.0. The van der Waals surface area contributed by atoms with Crippen LogP contribution in [0, 0.1) is 11.3 Å². The third-order valence-corrected chi connectivity index (χ3v) is 7.70. The van der Waals surface area contributed by atoms with Crippen LogP contribution in [-0.4, -0.2) is 87.1 Å². The van der Waals surface area contributed by atoms with Crippen LogP contribution in [-0.2, 0) is 19.0 Å². The van der Waals surface area contributed by atoms with Gasteiger partial charge in [-0.3, -0.25) is 0 Å². The molecule has 0 aromatic rings. The van der Waals surface area contributed by atoms with Crippen LogP contribution in [0.2, 0.25) is 0 Å². The van der Waals surface area contributed by atoms with Crippen LogP contribution in [0.25, 0.3) is 0 Å². The smallest absolute Gasteiger partial charge is 0.334 e. The molecule has 9 nitrogen and oxygen atoms in total. The molecule has 0 bridgehead atoms. The molecule has 3 fully saturated rings. The number of aliphatic hydroxyl groups excluding tert-OH is 4. The summed E-state index contributed by atoms with van der Waals surface area (Å²) in [6, 6.07) is 0. The van der Waals surface area contributed by atoms with E-state index < -0.39 is 42.9 Å². The molecule has 9 heteroatoms. The van der Waals surface area contributed by atoms with E-state index in [9.17, 15) is 30.3 Å². The molecule has 1 saturated heterocycles. The lowest BCUT2D eigenvalue weighted by Gasteiger charge is -2.55. The van der Waals surface area contributed by atoms with Gasteiger partial charge < -0.3 is 39.7 Å². The lowest BCUT2D eigenvalue weighted by Crippen LogP contribution is -2.61. The van der Waals surface area contributed by atoms with Gasteiger partial charge in [0.05, 0.1) is 18.8 Å². The van der Waals surface area contributed by atoms with Crippen LogP contribution < -0.4 is 0 Å². The molecule has 4 rings (SSSR count). The van der Waals surface area contributed by atoms with Crippen LogP contribution in [0.15, 0.2) is 11.1 Å². The van der Waals surface area contributed by atoms with Gasteiger partial charge in [-0.25, -0.2) is 4.79 Å². The molecule has 30 heavy (non-hydrogen) atoms. The van der Waals surface area contributed by atoms with Crippen molar-refractivity contribution in [1.29, 1.82) is 0 Å². The summed E-state index contributed by atoms with van der Waals surface area (Å²) in [5, 5.41) is 51.0. The Balaban J connectivity index is 1.51. The van der Waals surface area contributed by atoms with Crippen LogP contribution in [0.1, 0.15) is 46.0 Å². The van der Waals surface area contributed by atoms with Crippen molar-refractivity contribution in [1.82, 2.24) is 0 Å². The number of hydrogen-bond donors (Lipinski definition) is 5. The molecule has 0 spiro atoms. The molecule has 2 heterocycles. The Morgan fingerprint density at radius 1 is 1.17 bits per heavy atom. The predicted molar refractivity (Wildman–Crippen MR) is 102 cm³/mol. The fraction of sp³-hybridized carbons (Fsp3) is 0.857. The van der Waals surface area contributed by atoms with E-state index in [1.54, 1.807) is 6.92 Å². The monoisotopic (exact) mass is 428 g/mol. The molecule has 5 N–H and O–H groups in total. The molecule has 2 aliphatic heterocycles. The summed E-state index contributed by atoms with van der Waals surface area (Å²) in [7, 11) is 0. The highest BCUT2D eigenvalue weighted by atomic mass is 16.7. The molecule has 0 unspecified atom stereocenters. The van der Waals surface area contributed by atoms with E-state index in [-0.39, 0.29) is 30.0 Å². The average Bonchev–Trinajstić information content (AvgIpc) is 2.97. The zero-order valence-electron chi connectivity index (χ0n) is 17.4. The lowest BCUT2D eigenvalue weighted by molar-refractivity contribution is -0.314. The quantitative estimate of drug-likeness (QED) is 0.370. The molecule has 0 aromatic carbocycles. The number of rotatable bonds is 4. The summed E-state index contributed by atoms with van der Waals surface area (Å²) in [6.45, 7) is 3.18. The second-order valence-electron chi connectivity index (χ2n) is 9.62. The minimum absolute atomic E-state index is 0.137. The number of esters is 1. The zero-order valence-corrected chi connectivity index (χ0v) is 17.4. The van der Waals surface area contributed by atoms with Gasteiger partial charge in [-0.05, 0) is 55.9 Å². The first-order valence-corrected chi connectivity index (χ1v) is 10.6. The average molecular weight is 428 g/mol. The van der Waals surface area contributed by atoms with E-state index >= 15 is 0 Å². The van der Waals surface area contributed by atoms with Crippen molar-refractivity contribution >= 4 is 5.97 Å². The van der Waals surface area contributed by atoms with E-state index in [1.807, 2.05) is 0 Å². The zero-order chi connectivity index (χ0) is 21.8. The van der Waals surface area contributed by atoms with Crippen molar-refractivity contribution in [2.45, 2.75) is 88.4 Å². The Morgan fingerprint density at radius 3 is 2.60 bits per heavy atom. The van der Waals surface area contributed by atoms with Gasteiger partial charge in [0.25, 0.3) is 0 Å². The van der Waals surface area contributed by atoms with Gasteiger partial charge in [-0.1, -0.05) is 6.92 Å². The van der Waals surface area contributed by atoms with Crippen LogP contribution >= 0.6 is 0 Å². The topological polar surface area (TPSA) is 146 Å². The molecule has 4 aliphatic rings. The van der Waals surface area contributed by atoms with Crippen molar-refractivity contribution in [3.63, 3.8) is 0 Å². The molecule has 170 valence electrons. The van der Waals surface area contributed by atoms with Gasteiger partial charge >= 0.3 is 5.97 Å². The summed E-state index contributed by atoms with van der Waals surface area (Å²) < 4.78 is 16.7. The number of carbonyl (C=O) groups excluding carboxylic acids is 1. The Labute approximate surface area is 175 Å². The lowest BCUT2D eigenvalue weighted by atomic mass is 9.53. The van der Waals surface area contributed by atoms with Crippen LogP contribution in [0.4, 0.5) is 0 Å². The van der Waals surface area contributed by atoms with E-state index in [4.69, 9.17) is 14.2 Å². The first-order chi connectivity index (χ1) is 14.1. The molecular weight excluding hydrogens is 396 g/mol. The van der Waals surface area contributed by atoms with Gasteiger partial charge in [-0.2, -0.15) is 0 Å². The Kier molecular flexibility index (Phi) is 5.76. The summed E-state index contributed by atoms with van der Waals surface area (Å²) in [5.41, 5.74) is 0.112. The van der Waals surface area contributed by atoms with Crippen molar-refractivity contribution in [2.75, 3.05) is 13.2 Å². The van der Waals surface area contributed by atoms with E-state index in [0.717, 1.165) is 18.4 Å². The van der Waals surface area contributed by atoms with E-state index in [2.05, 4.69) is 6.92 Å². The van der Waals surface area contributed by atoms with Crippen LogP contribution in [0.5, 0.6) is 0 Å². The number of fused-ring (bicyclic) bond motifs is 2. The SMILES string of the molecule is CC1=C2C[C@@H]3[C@](C)(CCC[C@]3(O)CO[C@@H]3O[C@H](CO)[C@@H](O)[C@H](O)[C@H]3O)C[C@@H]2OC1=O. The minimum Gasteiger partial charge on any atom is -0.454 e. The van der Waals surface area contributed by atoms with Gasteiger partial charge in [-0.15, -0.1) is 0 Å². The predicted octanol–water partition coefficient (Wildman–Crippen LogP) is -0.624. The largest absolute Gasteiger partial charge is 0.454 e. The first kappa shape index (κ1) is 22.1. The van der Waals surface area contributed by atoms with Crippen molar-refractivity contribution in [2.24, 2.45) is 11.3 Å². The molecule has 2 aliphatic carbocycles. The Hall–Kier alpha value is -1.07. The molecule has 0 radical (unpaired) electrons. The van der Waals surface area contributed by atoms with Gasteiger partial charge in [0.15, 0.2) is 6.29 Å². The molecule has 0 aromatic heterocycles. The third kappa shape index (κ3) is 3.50. The normalized spacial score (nSPS) is 48.9. The Bertz CT molecular complexity index is 721. The maximum atomic E-state index is 12.0. The Morgan fingerprint density at radius 2 is 1.90 bits per heavy atom. The van der Waals surface area contributed by atoms with E-state index in [1.165, 1.54) is 0 Å². The highest BCUT2D eigenvalue weighted by molar-refractivity contribution is 5.91. The van der Waals surface area contributed by atoms with Crippen molar-refractivity contribution in [3.8, 4) is 0 Å². The number of aliphatic hydroxyl groups is 5. The molecule has 0 amide bonds. The molecule has 9 atom stereocenters. The fourth-order valence-corrected chi connectivity index (χ4v) is 5.83. The second kappa shape index (κ2) is 7.81. The highest BCUT2D eigenvalue weighted by Crippen LogP contribution is 2.57. The minimum atomic E-state index is -1.53. The standard InChI is InChI=1S/C21H32O9/c1-10-11-6-14-20(2,7-12(11)29-18(10)26)4-3-5-21(14,27)9-28-19-17(25)16(24)15(23)13(8-22)30-19/h12-17,19,22-25,27H,3-9H2,1-2H3/t12-,13+,14+,15+,16-,17+,19+,20+,21-/m0/s1. The molecule has 2 saturated carbocycles. The van der Waals surface area contributed by atoms with E-state index in [0.29, 0.717) is 24.8 Å². The third-order valence-electron chi connectivity index (χ3n) is 7.70. The summed E-state index contributed by atoms with van der Waals surface area (Å²) in [4.78, 5) is 12.0. The number of hydrogen-bond acceptors (Lipinski definition) is 9.